The van der Waals surface area contributed by atoms with E-state index in [0.717, 1.165) is 0 Å². The van der Waals surface area contributed by atoms with Crippen molar-refractivity contribution in [2.24, 2.45) is 0 Å². The first-order valence-electron chi connectivity index (χ1n) is 8.28. The molecule has 0 saturated carbocycles. The molecule has 3 aromatic rings. The molecule has 9 heteroatoms. The van der Waals surface area contributed by atoms with Crippen LogP contribution in [-0.4, -0.2) is 33.8 Å². The number of amides is 1. The van der Waals surface area contributed by atoms with E-state index >= 15 is 0 Å². The number of carbonyl (C=O) groups excluding carboxylic acids is 1. The van der Waals surface area contributed by atoms with E-state index in [1.54, 1.807) is 25.1 Å². The van der Waals surface area contributed by atoms with Gasteiger partial charge in [-0.2, -0.15) is 13.2 Å². The zero-order chi connectivity index (χ0) is 20.3. The van der Waals surface area contributed by atoms with Crippen LogP contribution in [0.5, 0.6) is 11.6 Å². The summed E-state index contributed by atoms with van der Waals surface area (Å²) in [7, 11) is 0. The Morgan fingerprint density at radius 3 is 2.68 bits per heavy atom. The van der Waals surface area contributed by atoms with Gasteiger partial charge in [0.05, 0.1) is 6.04 Å². The van der Waals surface area contributed by atoms with E-state index in [4.69, 9.17) is 0 Å². The van der Waals surface area contributed by atoms with Crippen LogP contribution in [-0.2, 0) is 0 Å². The van der Waals surface area contributed by atoms with E-state index < -0.39 is 24.7 Å². The summed E-state index contributed by atoms with van der Waals surface area (Å²) >= 11 is 0. The number of fused-ring (bicyclic) bond motifs is 1. The standard InChI is InChI=1S/C19H16F3N3O3/c1-11(13-6-8-16(23-9-13)28-10-19(20,21)22)24-18(27)14-7-5-12-3-2-4-15(26)17(12)25-14/h2-9,11,26H,10H2,1H3,(H,24,27). The number of phenolic OH excluding ortho intramolecular Hbond substituents is 1. The molecule has 6 nitrogen and oxygen atoms in total. The summed E-state index contributed by atoms with van der Waals surface area (Å²) in [6.45, 7) is 0.274. The van der Waals surface area contributed by atoms with Crippen molar-refractivity contribution in [3.63, 3.8) is 0 Å². The van der Waals surface area contributed by atoms with Gasteiger partial charge in [-0.3, -0.25) is 4.79 Å². The third-order valence-corrected chi connectivity index (χ3v) is 3.92. The van der Waals surface area contributed by atoms with E-state index in [-0.39, 0.29) is 17.3 Å². The molecule has 146 valence electrons. The maximum Gasteiger partial charge on any atom is 0.422 e. The van der Waals surface area contributed by atoms with Crippen molar-refractivity contribution in [1.82, 2.24) is 15.3 Å². The summed E-state index contributed by atoms with van der Waals surface area (Å²) in [6.07, 6.45) is -3.11. The number of phenols is 1. The highest BCUT2D eigenvalue weighted by Gasteiger charge is 2.28. The van der Waals surface area contributed by atoms with Gasteiger partial charge in [0, 0.05) is 17.6 Å². The van der Waals surface area contributed by atoms with Crippen LogP contribution in [0.2, 0.25) is 0 Å². The van der Waals surface area contributed by atoms with Crippen LogP contribution in [0.4, 0.5) is 13.2 Å². The minimum absolute atomic E-state index is 0.0288. The Labute approximate surface area is 158 Å². The van der Waals surface area contributed by atoms with E-state index in [9.17, 15) is 23.1 Å². The Balaban J connectivity index is 1.68. The van der Waals surface area contributed by atoms with E-state index in [1.165, 1.54) is 30.5 Å². The summed E-state index contributed by atoms with van der Waals surface area (Å²) in [4.78, 5) is 20.4. The van der Waals surface area contributed by atoms with Gasteiger partial charge in [0.15, 0.2) is 6.61 Å². The number of hydrogen-bond acceptors (Lipinski definition) is 5. The first kappa shape index (κ1) is 19.4. The molecule has 1 amide bonds. The normalized spacial score (nSPS) is 12.6. The minimum Gasteiger partial charge on any atom is -0.506 e. The number of rotatable bonds is 5. The van der Waals surface area contributed by atoms with Gasteiger partial charge >= 0.3 is 6.18 Å². The molecule has 0 aliphatic heterocycles. The lowest BCUT2D eigenvalue weighted by Crippen LogP contribution is -2.27. The lowest BCUT2D eigenvalue weighted by atomic mass is 10.1. The highest BCUT2D eigenvalue weighted by molar-refractivity contribution is 5.96. The zero-order valence-electron chi connectivity index (χ0n) is 14.7. The van der Waals surface area contributed by atoms with Crippen LogP contribution in [0.15, 0.2) is 48.7 Å². The molecule has 1 aromatic carbocycles. The summed E-state index contributed by atoms with van der Waals surface area (Å²) < 4.78 is 41.0. The average Bonchev–Trinajstić information content (AvgIpc) is 2.66. The molecular formula is C19H16F3N3O3. The molecule has 0 saturated heterocycles. The number of pyridine rings is 2. The second-order valence-electron chi connectivity index (χ2n) is 6.07. The van der Waals surface area contributed by atoms with E-state index in [0.29, 0.717) is 16.5 Å². The lowest BCUT2D eigenvalue weighted by molar-refractivity contribution is -0.154. The smallest absolute Gasteiger partial charge is 0.422 e. The molecule has 1 unspecified atom stereocenters. The number of benzene rings is 1. The Kier molecular flexibility index (Phi) is 5.34. The molecule has 2 heterocycles. The largest absolute Gasteiger partial charge is 0.506 e. The fourth-order valence-corrected chi connectivity index (χ4v) is 2.50. The molecule has 0 spiro atoms. The second kappa shape index (κ2) is 7.71. The van der Waals surface area contributed by atoms with Crippen LogP contribution in [0.1, 0.15) is 29.0 Å². The SMILES string of the molecule is CC(NC(=O)c1ccc2cccc(O)c2n1)c1ccc(OCC(F)(F)F)nc1. The Hall–Kier alpha value is -3.36. The number of alkyl halides is 3. The number of aromatic hydroxyl groups is 1. The molecule has 3 rings (SSSR count). The molecule has 0 aliphatic rings. The summed E-state index contributed by atoms with van der Waals surface area (Å²) in [6, 6.07) is 10.5. The first-order valence-corrected chi connectivity index (χ1v) is 8.28. The Bertz CT molecular complexity index is 991. The first-order chi connectivity index (χ1) is 13.2. The molecule has 0 aliphatic carbocycles. The maximum absolute atomic E-state index is 12.4. The van der Waals surface area contributed by atoms with Crippen molar-refractivity contribution in [3.8, 4) is 11.6 Å². The third-order valence-electron chi connectivity index (χ3n) is 3.92. The van der Waals surface area contributed by atoms with Crippen molar-refractivity contribution in [2.75, 3.05) is 6.61 Å². The summed E-state index contributed by atoms with van der Waals surface area (Å²) in [5.74, 6) is -0.653. The molecule has 0 radical (unpaired) electrons. The number of hydrogen-bond donors (Lipinski definition) is 2. The quantitative estimate of drug-likeness (QED) is 0.692. The third kappa shape index (κ3) is 4.67. The Morgan fingerprint density at radius 1 is 1.21 bits per heavy atom. The number of halogens is 3. The van der Waals surface area contributed by atoms with Gasteiger partial charge in [-0.25, -0.2) is 9.97 Å². The van der Waals surface area contributed by atoms with Gasteiger partial charge in [-0.05, 0) is 24.6 Å². The van der Waals surface area contributed by atoms with Gasteiger partial charge in [-0.1, -0.05) is 24.3 Å². The van der Waals surface area contributed by atoms with Crippen LogP contribution in [0.3, 0.4) is 0 Å². The second-order valence-corrected chi connectivity index (χ2v) is 6.07. The molecule has 2 N–H and O–H groups in total. The highest BCUT2D eigenvalue weighted by Crippen LogP contribution is 2.23. The van der Waals surface area contributed by atoms with Gasteiger partial charge in [-0.15, -0.1) is 0 Å². The van der Waals surface area contributed by atoms with Gasteiger partial charge in [0.1, 0.15) is 17.0 Å². The van der Waals surface area contributed by atoms with Gasteiger partial charge in [0.25, 0.3) is 5.91 Å². The predicted molar refractivity (Wildman–Crippen MR) is 95.1 cm³/mol. The number of para-hydroxylation sites is 1. The monoisotopic (exact) mass is 391 g/mol. The van der Waals surface area contributed by atoms with Crippen molar-refractivity contribution in [3.05, 3.63) is 59.9 Å². The highest BCUT2D eigenvalue weighted by atomic mass is 19.4. The van der Waals surface area contributed by atoms with Crippen LogP contribution in [0.25, 0.3) is 10.9 Å². The van der Waals surface area contributed by atoms with Gasteiger partial charge in [0.2, 0.25) is 5.88 Å². The molecule has 0 fully saturated rings. The number of nitrogens with one attached hydrogen (secondary N) is 1. The fraction of sp³-hybridized carbons (Fsp3) is 0.211. The summed E-state index contributed by atoms with van der Waals surface area (Å²) in [5, 5.41) is 13.3. The van der Waals surface area contributed by atoms with Crippen LogP contribution in [0, 0.1) is 0 Å². The minimum atomic E-state index is -4.44. The van der Waals surface area contributed by atoms with E-state index in [1.807, 2.05) is 0 Å². The zero-order valence-corrected chi connectivity index (χ0v) is 14.7. The average molecular weight is 391 g/mol. The molecular weight excluding hydrogens is 375 g/mol. The predicted octanol–water partition coefficient (Wildman–Crippen LogP) is 3.77. The number of ether oxygens (including phenoxy) is 1. The number of nitrogens with zero attached hydrogens (tertiary/aromatic N) is 2. The lowest BCUT2D eigenvalue weighted by Gasteiger charge is -2.15. The molecule has 28 heavy (non-hydrogen) atoms. The van der Waals surface area contributed by atoms with Crippen molar-refractivity contribution in [2.45, 2.75) is 19.1 Å². The number of aromatic nitrogens is 2. The van der Waals surface area contributed by atoms with Crippen molar-refractivity contribution < 1.29 is 27.8 Å². The van der Waals surface area contributed by atoms with Crippen molar-refractivity contribution in [1.29, 1.82) is 0 Å². The van der Waals surface area contributed by atoms with Crippen LogP contribution < -0.4 is 10.1 Å². The van der Waals surface area contributed by atoms with Crippen LogP contribution >= 0.6 is 0 Å². The maximum atomic E-state index is 12.4. The fourth-order valence-electron chi connectivity index (χ4n) is 2.50. The molecule has 1 atom stereocenters. The van der Waals surface area contributed by atoms with E-state index in [2.05, 4.69) is 20.0 Å². The number of carbonyl (C=O) groups is 1. The molecule has 0 bridgehead atoms. The molecule has 2 aromatic heterocycles. The topological polar surface area (TPSA) is 84.3 Å². The van der Waals surface area contributed by atoms with Gasteiger partial charge < -0.3 is 15.2 Å². The van der Waals surface area contributed by atoms with Crippen molar-refractivity contribution >= 4 is 16.8 Å². The summed E-state index contributed by atoms with van der Waals surface area (Å²) in [5.41, 5.74) is 1.02. The Morgan fingerprint density at radius 2 is 2.00 bits per heavy atom.